The zero-order chi connectivity index (χ0) is 13.1. The fourth-order valence-corrected chi connectivity index (χ4v) is 1.94. The predicted molar refractivity (Wildman–Crippen MR) is 74.2 cm³/mol. The molecule has 5 heteroatoms. The summed E-state index contributed by atoms with van der Waals surface area (Å²) in [7, 11) is 3.35. The van der Waals surface area contributed by atoms with E-state index in [-0.39, 0.29) is 5.91 Å². The van der Waals surface area contributed by atoms with Crippen LogP contribution in [0.25, 0.3) is 0 Å². The molecule has 2 aromatic rings. The van der Waals surface area contributed by atoms with Crippen LogP contribution in [0.15, 0.2) is 41.0 Å². The summed E-state index contributed by atoms with van der Waals surface area (Å²) in [5.74, 6) is 0.674. The number of benzene rings is 1. The summed E-state index contributed by atoms with van der Waals surface area (Å²) in [6.45, 7) is 0. The van der Waals surface area contributed by atoms with Gasteiger partial charge in [0.25, 0.3) is 5.91 Å². The average molecular weight is 309 g/mol. The van der Waals surface area contributed by atoms with Crippen LogP contribution in [0.5, 0.6) is 5.75 Å². The maximum absolute atomic E-state index is 12.2. The SMILES string of the molecule is COc1ccc(N(C)C(=O)c2cc(Br)c[nH]2)cc1. The summed E-state index contributed by atoms with van der Waals surface area (Å²) < 4.78 is 5.94. The second-order valence-electron chi connectivity index (χ2n) is 3.79. The van der Waals surface area contributed by atoms with Gasteiger partial charge in [-0.25, -0.2) is 0 Å². The molecular formula is C13H13BrN2O2. The molecule has 1 amide bonds. The lowest BCUT2D eigenvalue weighted by atomic mass is 10.2. The summed E-state index contributed by atoms with van der Waals surface area (Å²) in [6.07, 6.45) is 1.73. The summed E-state index contributed by atoms with van der Waals surface area (Å²) >= 11 is 3.31. The molecule has 0 saturated heterocycles. The first-order valence-corrected chi connectivity index (χ1v) is 6.17. The average Bonchev–Trinajstić information content (AvgIpc) is 2.84. The predicted octanol–water partition coefficient (Wildman–Crippen LogP) is 3.06. The van der Waals surface area contributed by atoms with Gasteiger partial charge in [-0.15, -0.1) is 0 Å². The third-order valence-corrected chi connectivity index (χ3v) is 3.10. The van der Waals surface area contributed by atoms with Crippen LogP contribution in [0.1, 0.15) is 10.5 Å². The molecule has 0 radical (unpaired) electrons. The van der Waals surface area contributed by atoms with E-state index in [0.29, 0.717) is 5.69 Å². The molecule has 0 aliphatic carbocycles. The third kappa shape index (κ3) is 2.56. The lowest BCUT2D eigenvalue weighted by Gasteiger charge is -2.16. The molecule has 0 unspecified atom stereocenters. The molecule has 18 heavy (non-hydrogen) atoms. The topological polar surface area (TPSA) is 45.3 Å². The van der Waals surface area contributed by atoms with E-state index in [1.165, 1.54) is 0 Å². The van der Waals surface area contributed by atoms with Gasteiger partial charge in [-0.2, -0.15) is 0 Å². The Bertz CT molecular complexity index is 548. The van der Waals surface area contributed by atoms with E-state index in [0.717, 1.165) is 15.9 Å². The lowest BCUT2D eigenvalue weighted by Crippen LogP contribution is -2.26. The van der Waals surface area contributed by atoms with Gasteiger partial charge >= 0.3 is 0 Å². The maximum Gasteiger partial charge on any atom is 0.274 e. The second kappa shape index (κ2) is 5.27. The van der Waals surface area contributed by atoms with Gasteiger partial charge < -0.3 is 14.6 Å². The van der Waals surface area contributed by atoms with Gasteiger partial charge in [0, 0.05) is 23.4 Å². The number of carbonyl (C=O) groups excluding carboxylic acids is 1. The molecule has 1 N–H and O–H groups in total. The fourth-order valence-electron chi connectivity index (χ4n) is 1.60. The minimum Gasteiger partial charge on any atom is -0.497 e. The molecule has 0 atom stereocenters. The van der Waals surface area contributed by atoms with Gasteiger partial charge in [-0.3, -0.25) is 4.79 Å². The van der Waals surface area contributed by atoms with E-state index >= 15 is 0 Å². The van der Waals surface area contributed by atoms with Crippen molar-refractivity contribution in [1.82, 2.24) is 4.98 Å². The minimum absolute atomic E-state index is 0.0918. The van der Waals surface area contributed by atoms with E-state index in [4.69, 9.17) is 4.74 Å². The standard InChI is InChI=1S/C13H13BrN2O2/c1-16(10-3-5-11(18-2)6-4-10)13(17)12-7-9(14)8-15-12/h3-8,15H,1-2H3. The van der Waals surface area contributed by atoms with Crippen molar-refractivity contribution in [2.45, 2.75) is 0 Å². The molecule has 0 fully saturated rings. The van der Waals surface area contributed by atoms with Crippen molar-refractivity contribution in [2.75, 3.05) is 19.1 Å². The summed E-state index contributed by atoms with van der Waals surface area (Å²) in [6, 6.07) is 9.08. The van der Waals surface area contributed by atoms with Crippen LogP contribution in [0, 0.1) is 0 Å². The number of halogens is 1. The number of rotatable bonds is 3. The molecule has 0 aliphatic rings. The highest BCUT2D eigenvalue weighted by Crippen LogP contribution is 2.20. The van der Waals surface area contributed by atoms with Crippen LogP contribution in [-0.4, -0.2) is 25.0 Å². The van der Waals surface area contributed by atoms with E-state index in [1.54, 1.807) is 31.3 Å². The Balaban J connectivity index is 2.19. The molecule has 4 nitrogen and oxygen atoms in total. The second-order valence-corrected chi connectivity index (χ2v) is 4.71. The fraction of sp³-hybridized carbons (Fsp3) is 0.154. The van der Waals surface area contributed by atoms with Crippen molar-refractivity contribution < 1.29 is 9.53 Å². The highest BCUT2D eigenvalue weighted by Gasteiger charge is 2.14. The molecule has 1 aromatic heterocycles. The summed E-state index contributed by atoms with van der Waals surface area (Å²) in [4.78, 5) is 16.7. The normalized spacial score (nSPS) is 10.2. The number of carbonyl (C=O) groups is 1. The summed E-state index contributed by atoms with van der Waals surface area (Å²) in [5.41, 5.74) is 1.35. The first kappa shape index (κ1) is 12.7. The first-order valence-electron chi connectivity index (χ1n) is 5.38. The molecule has 0 bridgehead atoms. The van der Waals surface area contributed by atoms with Crippen molar-refractivity contribution in [3.8, 4) is 5.75 Å². The Morgan fingerprint density at radius 2 is 2.00 bits per heavy atom. The number of aromatic amines is 1. The molecule has 1 heterocycles. The van der Waals surface area contributed by atoms with Crippen molar-refractivity contribution in [2.24, 2.45) is 0 Å². The van der Waals surface area contributed by atoms with Crippen LogP contribution in [-0.2, 0) is 0 Å². The first-order chi connectivity index (χ1) is 8.61. The Morgan fingerprint density at radius 1 is 1.33 bits per heavy atom. The van der Waals surface area contributed by atoms with Gasteiger partial charge in [0.15, 0.2) is 0 Å². The number of nitrogens with zero attached hydrogens (tertiary/aromatic N) is 1. The van der Waals surface area contributed by atoms with Gasteiger partial charge in [0.1, 0.15) is 11.4 Å². The molecule has 0 spiro atoms. The maximum atomic E-state index is 12.2. The van der Waals surface area contributed by atoms with E-state index in [1.807, 2.05) is 24.3 Å². The number of anilines is 1. The highest BCUT2D eigenvalue weighted by molar-refractivity contribution is 9.10. The Morgan fingerprint density at radius 3 is 2.50 bits per heavy atom. The highest BCUT2D eigenvalue weighted by atomic mass is 79.9. The monoisotopic (exact) mass is 308 g/mol. The number of amides is 1. The molecule has 2 rings (SSSR count). The number of methoxy groups -OCH3 is 1. The number of aromatic nitrogens is 1. The van der Waals surface area contributed by atoms with Gasteiger partial charge in [-0.1, -0.05) is 0 Å². The minimum atomic E-state index is -0.0918. The molecule has 0 aliphatic heterocycles. The van der Waals surface area contributed by atoms with Crippen molar-refractivity contribution in [3.05, 3.63) is 46.7 Å². The Hall–Kier alpha value is -1.75. The van der Waals surface area contributed by atoms with Crippen LogP contribution in [0.2, 0.25) is 0 Å². The third-order valence-electron chi connectivity index (χ3n) is 2.64. The molecular weight excluding hydrogens is 296 g/mol. The number of hydrogen-bond donors (Lipinski definition) is 1. The molecule has 94 valence electrons. The molecule has 0 saturated carbocycles. The Labute approximate surface area is 114 Å². The quantitative estimate of drug-likeness (QED) is 0.947. The Kier molecular flexibility index (Phi) is 3.72. The van der Waals surface area contributed by atoms with Crippen LogP contribution in [0.3, 0.4) is 0 Å². The van der Waals surface area contributed by atoms with Crippen LogP contribution >= 0.6 is 15.9 Å². The van der Waals surface area contributed by atoms with E-state index in [9.17, 15) is 4.79 Å². The zero-order valence-electron chi connectivity index (χ0n) is 10.1. The van der Waals surface area contributed by atoms with Crippen LogP contribution < -0.4 is 9.64 Å². The number of nitrogens with one attached hydrogen (secondary N) is 1. The number of hydrogen-bond acceptors (Lipinski definition) is 2. The van der Waals surface area contributed by atoms with Crippen LogP contribution in [0.4, 0.5) is 5.69 Å². The van der Waals surface area contributed by atoms with Gasteiger partial charge in [-0.05, 0) is 46.3 Å². The summed E-state index contributed by atoms with van der Waals surface area (Å²) in [5, 5.41) is 0. The van der Waals surface area contributed by atoms with Gasteiger partial charge in [0.2, 0.25) is 0 Å². The smallest absolute Gasteiger partial charge is 0.274 e. The van der Waals surface area contributed by atoms with Crippen molar-refractivity contribution in [1.29, 1.82) is 0 Å². The van der Waals surface area contributed by atoms with E-state index in [2.05, 4.69) is 20.9 Å². The molecule has 1 aromatic carbocycles. The lowest BCUT2D eigenvalue weighted by molar-refractivity contribution is 0.0989. The number of H-pyrrole nitrogens is 1. The largest absolute Gasteiger partial charge is 0.497 e. The van der Waals surface area contributed by atoms with Crippen molar-refractivity contribution in [3.63, 3.8) is 0 Å². The van der Waals surface area contributed by atoms with Gasteiger partial charge in [0.05, 0.1) is 7.11 Å². The van der Waals surface area contributed by atoms with E-state index < -0.39 is 0 Å². The number of ether oxygens (including phenoxy) is 1. The van der Waals surface area contributed by atoms with Crippen molar-refractivity contribution >= 4 is 27.5 Å². The zero-order valence-corrected chi connectivity index (χ0v) is 11.7.